The Balaban J connectivity index is 2.17. The lowest BCUT2D eigenvalue weighted by atomic mass is 10.2. The van der Waals surface area contributed by atoms with Gasteiger partial charge in [0.25, 0.3) is 5.91 Å². The van der Waals surface area contributed by atoms with Crippen LogP contribution in [0.1, 0.15) is 10.4 Å². The highest BCUT2D eigenvalue weighted by molar-refractivity contribution is 7.99. The Morgan fingerprint density at radius 1 is 1.29 bits per heavy atom. The van der Waals surface area contributed by atoms with Crippen LogP contribution in [0.5, 0.6) is 5.75 Å². The molecule has 0 aromatic heterocycles. The Morgan fingerprint density at radius 2 is 2.10 bits per heavy atom. The molecule has 2 rings (SSSR count). The maximum Gasteiger partial charge on any atom is 0.256 e. The summed E-state index contributed by atoms with van der Waals surface area (Å²) in [5.41, 5.74) is 1.37. The molecule has 0 atom stereocenters. The lowest BCUT2D eigenvalue weighted by Gasteiger charge is -2.10. The van der Waals surface area contributed by atoms with Gasteiger partial charge in [-0.1, -0.05) is 24.3 Å². The van der Waals surface area contributed by atoms with Crippen molar-refractivity contribution in [2.45, 2.75) is 4.90 Å². The molecule has 0 aliphatic carbocycles. The van der Waals surface area contributed by atoms with Crippen LogP contribution in [0, 0.1) is 0 Å². The second-order valence-electron chi connectivity index (χ2n) is 4.28. The number of carbonyl (C=O) groups excluding carboxylic acids is 1. The molecule has 0 saturated heterocycles. The minimum Gasteiger partial charge on any atom is -0.497 e. The van der Waals surface area contributed by atoms with Crippen LogP contribution in [0.4, 0.5) is 5.69 Å². The predicted molar refractivity (Wildman–Crippen MR) is 88.3 cm³/mol. The molecular formula is C17H17NO2S. The number of methoxy groups -OCH3 is 1. The Morgan fingerprint density at radius 3 is 2.86 bits per heavy atom. The molecule has 0 bridgehead atoms. The van der Waals surface area contributed by atoms with E-state index in [2.05, 4.69) is 11.9 Å². The van der Waals surface area contributed by atoms with Crippen LogP contribution in [0.25, 0.3) is 0 Å². The van der Waals surface area contributed by atoms with Gasteiger partial charge in [0.15, 0.2) is 0 Å². The van der Waals surface area contributed by atoms with Crippen LogP contribution in [0.15, 0.2) is 66.1 Å². The summed E-state index contributed by atoms with van der Waals surface area (Å²) in [6, 6.07) is 14.8. The normalized spacial score (nSPS) is 9.95. The van der Waals surface area contributed by atoms with Gasteiger partial charge >= 0.3 is 0 Å². The zero-order valence-corrected chi connectivity index (χ0v) is 12.7. The summed E-state index contributed by atoms with van der Waals surface area (Å²) in [6.07, 6.45) is 1.82. The number of nitrogens with one attached hydrogen (secondary N) is 1. The lowest BCUT2D eigenvalue weighted by Crippen LogP contribution is -2.13. The molecule has 2 aromatic rings. The number of rotatable bonds is 6. The summed E-state index contributed by atoms with van der Waals surface area (Å²) in [6.45, 7) is 3.70. The van der Waals surface area contributed by atoms with E-state index < -0.39 is 0 Å². The second kappa shape index (κ2) is 7.55. The first-order valence-corrected chi connectivity index (χ1v) is 7.51. The third-order valence-electron chi connectivity index (χ3n) is 2.82. The second-order valence-corrected chi connectivity index (χ2v) is 5.34. The number of hydrogen-bond acceptors (Lipinski definition) is 3. The molecule has 0 aliphatic heterocycles. The van der Waals surface area contributed by atoms with Crippen molar-refractivity contribution >= 4 is 23.4 Å². The van der Waals surface area contributed by atoms with Crippen molar-refractivity contribution in [3.63, 3.8) is 0 Å². The molecule has 21 heavy (non-hydrogen) atoms. The van der Waals surface area contributed by atoms with E-state index >= 15 is 0 Å². The van der Waals surface area contributed by atoms with Crippen LogP contribution in [-0.4, -0.2) is 18.8 Å². The van der Waals surface area contributed by atoms with Gasteiger partial charge in [0.1, 0.15) is 5.75 Å². The third kappa shape index (κ3) is 4.13. The smallest absolute Gasteiger partial charge is 0.256 e. The van der Waals surface area contributed by atoms with E-state index in [4.69, 9.17) is 4.74 Å². The van der Waals surface area contributed by atoms with Crippen molar-refractivity contribution in [3.8, 4) is 5.75 Å². The monoisotopic (exact) mass is 299 g/mol. The highest BCUT2D eigenvalue weighted by atomic mass is 32.2. The predicted octanol–water partition coefficient (Wildman–Crippen LogP) is 4.23. The third-order valence-corrected chi connectivity index (χ3v) is 3.89. The van der Waals surface area contributed by atoms with Gasteiger partial charge in [-0.25, -0.2) is 0 Å². The first kappa shape index (κ1) is 15.2. The minimum atomic E-state index is -0.129. The van der Waals surface area contributed by atoms with Gasteiger partial charge in [0.05, 0.1) is 12.7 Å². The van der Waals surface area contributed by atoms with E-state index in [1.807, 2.05) is 48.5 Å². The molecule has 0 aliphatic rings. The summed E-state index contributed by atoms with van der Waals surface area (Å²) in [5, 5.41) is 2.89. The molecule has 1 amide bonds. The number of anilines is 1. The Bertz CT molecular complexity index is 640. The fraction of sp³-hybridized carbons (Fsp3) is 0.118. The molecule has 108 valence electrons. The van der Waals surface area contributed by atoms with Crippen LogP contribution in [0.3, 0.4) is 0 Å². The van der Waals surface area contributed by atoms with Crippen molar-refractivity contribution in [3.05, 3.63) is 66.7 Å². The standard InChI is InChI=1S/C17H17NO2S/c1-3-11-21-16-10-5-4-9-15(16)17(19)18-13-7-6-8-14(12-13)20-2/h3-10,12H,1,11H2,2H3,(H,18,19). The Kier molecular flexibility index (Phi) is 5.46. The van der Waals surface area contributed by atoms with Crippen molar-refractivity contribution in [1.29, 1.82) is 0 Å². The Hall–Kier alpha value is -2.20. The fourth-order valence-electron chi connectivity index (χ4n) is 1.83. The molecule has 0 spiro atoms. The van der Waals surface area contributed by atoms with Crippen molar-refractivity contribution in [2.24, 2.45) is 0 Å². The summed E-state index contributed by atoms with van der Waals surface area (Å²) in [4.78, 5) is 13.3. The van der Waals surface area contributed by atoms with Gasteiger partial charge in [-0.15, -0.1) is 18.3 Å². The SMILES string of the molecule is C=CCSc1ccccc1C(=O)Nc1cccc(OC)c1. The van der Waals surface area contributed by atoms with Crippen LogP contribution < -0.4 is 10.1 Å². The maximum atomic E-state index is 12.4. The van der Waals surface area contributed by atoms with Crippen LogP contribution in [-0.2, 0) is 0 Å². The molecule has 0 saturated carbocycles. The number of hydrogen-bond donors (Lipinski definition) is 1. The number of thioether (sulfide) groups is 1. The number of benzene rings is 2. The summed E-state index contributed by atoms with van der Waals surface area (Å²) in [5.74, 6) is 1.35. The minimum absolute atomic E-state index is 0.129. The average Bonchev–Trinajstić information content (AvgIpc) is 2.53. The van der Waals surface area contributed by atoms with Gasteiger partial charge in [-0.3, -0.25) is 4.79 Å². The van der Waals surface area contributed by atoms with Crippen LogP contribution >= 0.6 is 11.8 Å². The van der Waals surface area contributed by atoms with E-state index in [-0.39, 0.29) is 5.91 Å². The van der Waals surface area contributed by atoms with E-state index in [9.17, 15) is 4.79 Å². The largest absolute Gasteiger partial charge is 0.497 e. The molecule has 1 N–H and O–H groups in total. The Labute approximate surface area is 129 Å². The van der Waals surface area contributed by atoms with Gasteiger partial charge in [-0.2, -0.15) is 0 Å². The average molecular weight is 299 g/mol. The van der Waals surface area contributed by atoms with Gasteiger partial charge in [-0.05, 0) is 24.3 Å². The van der Waals surface area contributed by atoms with E-state index in [0.717, 1.165) is 10.6 Å². The van der Waals surface area contributed by atoms with Gasteiger partial charge in [0.2, 0.25) is 0 Å². The summed E-state index contributed by atoms with van der Waals surface area (Å²) in [7, 11) is 1.60. The van der Waals surface area contributed by atoms with E-state index in [1.54, 1.807) is 24.9 Å². The molecule has 0 unspecified atom stereocenters. The van der Waals surface area contributed by atoms with Crippen molar-refractivity contribution in [2.75, 3.05) is 18.2 Å². The van der Waals surface area contributed by atoms with Gasteiger partial charge in [0, 0.05) is 22.4 Å². The summed E-state index contributed by atoms with van der Waals surface area (Å²) >= 11 is 1.59. The van der Waals surface area contributed by atoms with E-state index in [1.165, 1.54) is 0 Å². The topological polar surface area (TPSA) is 38.3 Å². The first-order chi connectivity index (χ1) is 10.2. The molecule has 2 aromatic carbocycles. The molecule has 0 heterocycles. The number of amides is 1. The highest BCUT2D eigenvalue weighted by Gasteiger charge is 2.11. The molecule has 0 fully saturated rings. The first-order valence-electron chi connectivity index (χ1n) is 6.52. The number of ether oxygens (including phenoxy) is 1. The van der Waals surface area contributed by atoms with Crippen molar-refractivity contribution < 1.29 is 9.53 Å². The molecule has 4 heteroatoms. The molecule has 3 nitrogen and oxygen atoms in total. The quantitative estimate of drug-likeness (QED) is 0.641. The highest BCUT2D eigenvalue weighted by Crippen LogP contribution is 2.24. The fourth-order valence-corrected chi connectivity index (χ4v) is 2.62. The molecular weight excluding hydrogens is 282 g/mol. The number of carbonyl (C=O) groups is 1. The van der Waals surface area contributed by atoms with Gasteiger partial charge < -0.3 is 10.1 Å². The van der Waals surface area contributed by atoms with Crippen molar-refractivity contribution in [1.82, 2.24) is 0 Å². The zero-order chi connectivity index (χ0) is 15.1. The lowest BCUT2D eigenvalue weighted by molar-refractivity contribution is 0.102. The zero-order valence-electron chi connectivity index (χ0n) is 11.8. The van der Waals surface area contributed by atoms with E-state index in [0.29, 0.717) is 17.0 Å². The van der Waals surface area contributed by atoms with Crippen LogP contribution in [0.2, 0.25) is 0 Å². The maximum absolute atomic E-state index is 12.4. The molecule has 0 radical (unpaired) electrons. The summed E-state index contributed by atoms with van der Waals surface area (Å²) < 4.78 is 5.15.